The molecule has 0 amide bonds. The van der Waals surface area contributed by atoms with Gasteiger partial charge in [-0.15, -0.1) is 0 Å². The van der Waals surface area contributed by atoms with Crippen LogP contribution in [0.4, 0.5) is 0 Å². The van der Waals surface area contributed by atoms with Crippen molar-refractivity contribution in [3.8, 4) is 0 Å². The predicted molar refractivity (Wildman–Crippen MR) is 88.1 cm³/mol. The van der Waals surface area contributed by atoms with Crippen LogP contribution in [0.2, 0.25) is 0 Å². The predicted octanol–water partition coefficient (Wildman–Crippen LogP) is 3.17. The molecular weight excluding hydrogens is 312 g/mol. The molecule has 0 bridgehead atoms. The molecular formula is C17H16N2O3S. The first kappa shape index (κ1) is 15.4. The van der Waals surface area contributed by atoms with Gasteiger partial charge in [-0.3, -0.25) is 4.79 Å². The summed E-state index contributed by atoms with van der Waals surface area (Å²) in [6.07, 6.45) is 0.269. The first-order chi connectivity index (χ1) is 10.9. The molecule has 1 aromatic heterocycles. The van der Waals surface area contributed by atoms with E-state index < -0.39 is 10.0 Å². The second kappa shape index (κ2) is 5.62. The number of carbonyl (C=O) groups excluding carboxylic acids is 1. The summed E-state index contributed by atoms with van der Waals surface area (Å²) >= 11 is 0. The van der Waals surface area contributed by atoms with Crippen LogP contribution in [0.1, 0.15) is 29.4 Å². The molecule has 3 rings (SSSR count). The number of Topliss-reactive ketones (excluding diaryl/α,β-unsaturated/α-hetero) is 1. The van der Waals surface area contributed by atoms with Gasteiger partial charge in [0.1, 0.15) is 5.69 Å². The summed E-state index contributed by atoms with van der Waals surface area (Å²) in [6.45, 7) is 3.61. The third-order valence-electron chi connectivity index (χ3n) is 3.69. The average Bonchev–Trinajstić information content (AvgIpc) is 2.95. The van der Waals surface area contributed by atoms with Crippen LogP contribution in [0.25, 0.3) is 10.9 Å². The van der Waals surface area contributed by atoms with E-state index >= 15 is 0 Å². The van der Waals surface area contributed by atoms with E-state index in [2.05, 4.69) is 5.10 Å². The molecule has 0 saturated heterocycles. The van der Waals surface area contributed by atoms with Crippen molar-refractivity contribution in [2.75, 3.05) is 0 Å². The number of benzene rings is 2. The number of hydrogen-bond donors (Lipinski definition) is 0. The maximum atomic E-state index is 12.9. The zero-order valence-corrected chi connectivity index (χ0v) is 13.7. The molecule has 0 N–H and O–H groups in total. The van der Waals surface area contributed by atoms with Crippen LogP contribution >= 0.6 is 0 Å². The number of hydrogen-bond acceptors (Lipinski definition) is 4. The zero-order valence-electron chi connectivity index (χ0n) is 12.9. The maximum Gasteiger partial charge on any atom is 0.283 e. The van der Waals surface area contributed by atoms with E-state index in [9.17, 15) is 13.2 Å². The van der Waals surface area contributed by atoms with Crippen molar-refractivity contribution in [2.24, 2.45) is 0 Å². The molecule has 0 fully saturated rings. The quantitative estimate of drug-likeness (QED) is 0.690. The highest BCUT2D eigenvalue weighted by Gasteiger charge is 2.24. The minimum atomic E-state index is -3.85. The van der Waals surface area contributed by atoms with Crippen LogP contribution < -0.4 is 0 Å². The van der Waals surface area contributed by atoms with Gasteiger partial charge < -0.3 is 0 Å². The molecule has 118 valence electrons. The average molecular weight is 328 g/mol. The van der Waals surface area contributed by atoms with E-state index in [4.69, 9.17) is 0 Å². The number of carbonyl (C=O) groups is 1. The summed E-state index contributed by atoms with van der Waals surface area (Å²) < 4.78 is 26.7. The number of para-hydroxylation sites is 1. The van der Waals surface area contributed by atoms with Crippen molar-refractivity contribution in [3.05, 3.63) is 59.8 Å². The summed E-state index contributed by atoms with van der Waals surface area (Å²) in [5.74, 6) is -0.181. The lowest BCUT2D eigenvalue weighted by Gasteiger charge is -2.06. The minimum absolute atomic E-state index is 0.145. The van der Waals surface area contributed by atoms with Crippen molar-refractivity contribution in [3.63, 3.8) is 0 Å². The number of aromatic nitrogens is 2. The fourth-order valence-corrected chi connectivity index (χ4v) is 3.69. The van der Waals surface area contributed by atoms with Crippen LogP contribution in [-0.2, 0) is 10.0 Å². The minimum Gasteiger partial charge on any atom is -0.292 e. The van der Waals surface area contributed by atoms with Crippen LogP contribution in [0.3, 0.4) is 0 Å². The Morgan fingerprint density at radius 3 is 2.39 bits per heavy atom. The van der Waals surface area contributed by atoms with Crippen LogP contribution in [0.5, 0.6) is 0 Å². The van der Waals surface area contributed by atoms with Crippen molar-refractivity contribution >= 4 is 26.7 Å². The Bertz CT molecular complexity index is 986. The molecule has 0 aliphatic carbocycles. The normalized spacial score (nSPS) is 11.7. The molecule has 0 aliphatic heterocycles. The number of nitrogens with zero attached hydrogens (tertiary/aromatic N) is 2. The molecule has 0 saturated carbocycles. The van der Waals surface area contributed by atoms with Gasteiger partial charge in [0.2, 0.25) is 0 Å². The number of rotatable bonds is 4. The summed E-state index contributed by atoms with van der Waals surface area (Å²) in [4.78, 5) is 12.2. The molecule has 1 heterocycles. The van der Waals surface area contributed by atoms with Gasteiger partial charge in [-0.25, -0.2) is 0 Å². The molecule has 23 heavy (non-hydrogen) atoms. The molecule has 0 atom stereocenters. The van der Waals surface area contributed by atoms with Crippen LogP contribution in [-0.4, -0.2) is 23.4 Å². The molecule has 6 heteroatoms. The molecule has 0 unspecified atom stereocenters. The number of fused-ring (bicyclic) bond motifs is 1. The fraction of sp³-hybridized carbons (Fsp3) is 0.176. The van der Waals surface area contributed by atoms with E-state index in [1.807, 2.05) is 6.92 Å². The molecule has 0 aliphatic rings. The molecule has 3 aromatic rings. The Labute approximate surface area is 134 Å². The first-order valence-electron chi connectivity index (χ1n) is 7.28. The lowest BCUT2D eigenvalue weighted by atomic mass is 10.1. The smallest absolute Gasteiger partial charge is 0.283 e. The highest BCUT2D eigenvalue weighted by atomic mass is 32.2. The van der Waals surface area contributed by atoms with Gasteiger partial charge in [0, 0.05) is 11.8 Å². The van der Waals surface area contributed by atoms with Crippen molar-refractivity contribution in [2.45, 2.75) is 25.2 Å². The Balaban J connectivity index is 2.27. The van der Waals surface area contributed by atoms with Gasteiger partial charge in [0.15, 0.2) is 5.78 Å². The van der Waals surface area contributed by atoms with E-state index in [0.717, 1.165) is 9.65 Å². The molecule has 5 nitrogen and oxygen atoms in total. The third-order valence-corrected chi connectivity index (χ3v) is 5.29. The van der Waals surface area contributed by atoms with Gasteiger partial charge >= 0.3 is 0 Å². The standard InChI is InChI=1S/C17H16N2O3S/c1-3-16(20)17-14-6-4-5-7-15(14)19(18-17)23(21,22)13-10-8-12(2)9-11-13/h4-11H,3H2,1-2H3. The maximum absolute atomic E-state index is 12.9. The fourth-order valence-electron chi connectivity index (χ4n) is 2.41. The lowest BCUT2D eigenvalue weighted by Crippen LogP contribution is -2.15. The van der Waals surface area contributed by atoms with Gasteiger partial charge in [0.05, 0.1) is 10.4 Å². The number of aryl methyl sites for hydroxylation is 1. The highest BCUT2D eigenvalue weighted by molar-refractivity contribution is 7.90. The summed E-state index contributed by atoms with van der Waals surface area (Å²) in [6, 6.07) is 13.4. The summed E-state index contributed by atoms with van der Waals surface area (Å²) in [5.41, 5.74) is 1.57. The van der Waals surface area contributed by atoms with Gasteiger partial charge in [-0.05, 0) is 25.1 Å². The monoisotopic (exact) mass is 328 g/mol. The van der Waals surface area contributed by atoms with E-state index in [1.165, 1.54) is 0 Å². The summed E-state index contributed by atoms with van der Waals surface area (Å²) in [7, 11) is -3.85. The second-order valence-electron chi connectivity index (χ2n) is 5.30. The van der Waals surface area contributed by atoms with Gasteiger partial charge in [0.25, 0.3) is 10.0 Å². The number of ketones is 1. The van der Waals surface area contributed by atoms with Crippen molar-refractivity contribution in [1.29, 1.82) is 0 Å². The Kier molecular flexibility index (Phi) is 3.77. The van der Waals surface area contributed by atoms with E-state index in [-0.39, 0.29) is 22.8 Å². The van der Waals surface area contributed by atoms with Crippen molar-refractivity contribution in [1.82, 2.24) is 9.19 Å². The highest BCUT2D eigenvalue weighted by Crippen LogP contribution is 2.24. The Morgan fingerprint density at radius 1 is 1.09 bits per heavy atom. The zero-order chi connectivity index (χ0) is 16.6. The van der Waals surface area contributed by atoms with Gasteiger partial charge in [-0.2, -0.15) is 17.6 Å². The van der Waals surface area contributed by atoms with Crippen LogP contribution in [0, 0.1) is 6.92 Å². The SMILES string of the molecule is CCC(=O)c1nn(S(=O)(=O)c2ccc(C)cc2)c2ccccc12. The molecule has 2 aromatic carbocycles. The third kappa shape index (κ3) is 2.55. The Morgan fingerprint density at radius 2 is 1.74 bits per heavy atom. The van der Waals surface area contributed by atoms with Gasteiger partial charge in [-0.1, -0.05) is 42.8 Å². The second-order valence-corrected chi connectivity index (χ2v) is 7.07. The lowest BCUT2D eigenvalue weighted by molar-refractivity contribution is 0.0984. The molecule has 0 radical (unpaired) electrons. The summed E-state index contributed by atoms with van der Waals surface area (Å²) in [5, 5.41) is 4.66. The largest absolute Gasteiger partial charge is 0.292 e. The van der Waals surface area contributed by atoms with Crippen LogP contribution in [0.15, 0.2) is 53.4 Å². The van der Waals surface area contributed by atoms with E-state index in [0.29, 0.717) is 10.9 Å². The topological polar surface area (TPSA) is 69.0 Å². The van der Waals surface area contributed by atoms with E-state index in [1.54, 1.807) is 55.5 Å². The first-order valence-corrected chi connectivity index (χ1v) is 8.72. The van der Waals surface area contributed by atoms with Crippen molar-refractivity contribution < 1.29 is 13.2 Å². The Hall–Kier alpha value is -2.47. The molecule has 0 spiro atoms.